The number of sulfonamides is 1. The molecule has 2 amide bonds. The molecule has 1 heterocycles. The minimum atomic E-state index is -3.31. The van der Waals surface area contributed by atoms with E-state index in [-0.39, 0.29) is 6.03 Å². The number of carbonyl (C=O) groups excluding carboxylic acids is 1. The van der Waals surface area contributed by atoms with Gasteiger partial charge in [0.15, 0.2) is 0 Å². The maximum Gasteiger partial charge on any atom is 0.315 e. The van der Waals surface area contributed by atoms with Crippen LogP contribution in [0.25, 0.3) is 0 Å². The predicted octanol–water partition coefficient (Wildman–Crippen LogP) is 2.16. The molecule has 1 aromatic heterocycles. The highest BCUT2D eigenvalue weighted by molar-refractivity contribution is 7.92. The van der Waals surface area contributed by atoms with Gasteiger partial charge in [0.05, 0.1) is 6.26 Å². The van der Waals surface area contributed by atoms with E-state index in [1.165, 1.54) is 4.88 Å². The van der Waals surface area contributed by atoms with Crippen LogP contribution in [0.15, 0.2) is 41.8 Å². The third kappa shape index (κ3) is 6.70. The fraction of sp³-hybridized carbons (Fsp3) is 0.267. The molecule has 8 heteroatoms. The number of benzene rings is 1. The Balaban J connectivity index is 1.76. The predicted molar refractivity (Wildman–Crippen MR) is 93.2 cm³/mol. The molecule has 0 aliphatic carbocycles. The monoisotopic (exact) mass is 353 g/mol. The number of anilines is 1. The fourth-order valence-corrected chi connectivity index (χ4v) is 3.22. The van der Waals surface area contributed by atoms with Gasteiger partial charge in [-0.2, -0.15) is 0 Å². The van der Waals surface area contributed by atoms with Gasteiger partial charge in [-0.25, -0.2) is 13.2 Å². The van der Waals surface area contributed by atoms with Crippen molar-refractivity contribution in [3.05, 3.63) is 52.2 Å². The highest BCUT2D eigenvalue weighted by Crippen LogP contribution is 2.11. The topological polar surface area (TPSA) is 87.3 Å². The van der Waals surface area contributed by atoms with Gasteiger partial charge in [-0.05, 0) is 35.6 Å². The summed E-state index contributed by atoms with van der Waals surface area (Å²) < 4.78 is 24.8. The third-order valence-corrected chi connectivity index (χ3v) is 4.46. The SMILES string of the molecule is CS(=O)(=O)Nc1cccc(CNC(=O)NCCc2cccs2)c1. The van der Waals surface area contributed by atoms with Crippen LogP contribution in [-0.2, 0) is 23.0 Å². The molecule has 2 rings (SSSR count). The molecule has 3 N–H and O–H groups in total. The molecule has 0 aliphatic heterocycles. The van der Waals surface area contributed by atoms with Crippen LogP contribution in [0.1, 0.15) is 10.4 Å². The quantitative estimate of drug-likeness (QED) is 0.713. The minimum Gasteiger partial charge on any atom is -0.338 e. The van der Waals surface area contributed by atoms with Crippen molar-refractivity contribution in [2.24, 2.45) is 0 Å². The fourth-order valence-electron chi connectivity index (χ4n) is 1.96. The second kappa shape index (κ2) is 7.98. The zero-order chi connectivity index (χ0) is 16.7. The molecule has 0 atom stereocenters. The van der Waals surface area contributed by atoms with E-state index in [0.717, 1.165) is 18.2 Å². The molecular weight excluding hydrogens is 334 g/mol. The summed E-state index contributed by atoms with van der Waals surface area (Å²) in [6, 6.07) is 10.7. The Labute approximate surface area is 140 Å². The maximum absolute atomic E-state index is 11.7. The minimum absolute atomic E-state index is 0.247. The zero-order valence-corrected chi connectivity index (χ0v) is 14.3. The third-order valence-electron chi connectivity index (χ3n) is 2.92. The second-order valence-corrected chi connectivity index (χ2v) is 7.79. The van der Waals surface area contributed by atoms with Crippen LogP contribution in [-0.4, -0.2) is 27.2 Å². The van der Waals surface area contributed by atoms with E-state index in [4.69, 9.17) is 0 Å². The highest BCUT2D eigenvalue weighted by atomic mass is 32.2. The van der Waals surface area contributed by atoms with Crippen LogP contribution in [0.2, 0.25) is 0 Å². The summed E-state index contributed by atoms with van der Waals surface area (Å²) in [6.45, 7) is 0.895. The molecule has 124 valence electrons. The van der Waals surface area contributed by atoms with Crippen molar-refractivity contribution < 1.29 is 13.2 Å². The van der Waals surface area contributed by atoms with Gasteiger partial charge in [-0.3, -0.25) is 4.72 Å². The van der Waals surface area contributed by atoms with E-state index < -0.39 is 10.0 Å². The summed E-state index contributed by atoms with van der Waals surface area (Å²) in [7, 11) is -3.31. The average molecular weight is 353 g/mol. The first-order chi connectivity index (χ1) is 10.9. The lowest BCUT2D eigenvalue weighted by Gasteiger charge is -2.09. The Morgan fingerprint density at radius 2 is 2.00 bits per heavy atom. The summed E-state index contributed by atoms with van der Waals surface area (Å²) in [5, 5.41) is 7.54. The first-order valence-corrected chi connectivity index (χ1v) is 9.80. The molecule has 0 bridgehead atoms. The van der Waals surface area contributed by atoms with Crippen molar-refractivity contribution in [1.82, 2.24) is 10.6 Å². The molecule has 0 saturated carbocycles. The van der Waals surface area contributed by atoms with Gasteiger partial charge in [0, 0.05) is 23.7 Å². The highest BCUT2D eigenvalue weighted by Gasteiger charge is 2.04. The number of amides is 2. The Morgan fingerprint density at radius 1 is 1.17 bits per heavy atom. The first kappa shape index (κ1) is 17.3. The van der Waals surface area contributed by atoms with Gasteiger partial charge in [0.1, 0.15) is 0 Å². The molecule has 23 heavy (non-hydrogen) atoms. The molecule has 0 aliphatic rings. The largest absolute Gasteiger partial charge is 0.338 e. The number of rotatable bonds is 7. The Bertz CT molecular complexity index is 743. The van der Waals surface area contributed by atoms with Gasteiger partial charge < -0.3 is 10.6 Å². The number of urea groups is 1. The van der Waals surface area contributed by atoms with Crippen LogP contribution < -0.4 is 15.4 Å². The molecule has 0 fully saturated rings. The summed E-state index contributed by atoms with van der Waals surface area (Å²) >= 11 is 1.66. The molecule has 6 nitrogen and oxygen atoms in total. The molecule has 0 spiro atoms. The van der Waals surface area contributed by atoms with Crippen molar-refractivity contribution in [3.63, 3.8) is 0 Å². The van der Waals surface area contributed by atoms with Crippen molar-refractivity contribution in [3.8, 4) is 0 Å². The van der Waals surface area contributed by atoms with Crippen molar-refractivity contribution in [1.29, 1.82) is 0 Å². The summed E-state index contributed by atoms with van der Waals surface area (Å²) in [5.74, 6) is 0. The summed E-state index contributed by atoms with van der Waals surface area (Å²) in [6.07, 6.45) is 1.90. The Kier molecular flexibility index (Phi) is 6.00. The van der Waals surface area contributed by atoms with E-state index in [9.17, 15) is 13.2 Å². The number of nitrogens with one attached hydrogen (secondary N) is 3. The van der Waals surface area contributed by atoms with Gasteiger partial charge >= 0.3 is 6.03 Å². The number of hydrogen-bond donors (Lipinski definition) is 3. The van der Waals surface area contributed by atoms with Gasteiger partial charge in [-0.15, -0.1) is 11.3 Å². The molecule has 2 aromatic rings. The van der Waals surface area contributed by atoms with E-state index in [1.54, 1.807) is 29.5 Å². The van der Waals surface area contributed by atoms with E-state index >= 15 is 0 Å². The molecule has 0 unspecified atom stereocenters. The van der Waals surface area contributed by atoms with Gasteiger partial charge in [-0.1, -0.05) is 18.2 Å². The lowest BCUT2D eigenvalue weighted by atomic mass is 10.2. The van der Waals surface area contributed by atoms with Gasteiger partial charge in [0.25, 0.3) is 0 Å². The van der Waals surface area contributed by atoms with Crippen molar-refractivity contribution >= 4 is 33.1 Å². The average Bonchev–Trinajstić information content (AvgIpc) is 2.97. The van der Waals surface area contributed by atoms with Crippen LogP contribution >= 0.6 is 11.3 Å². The Hall–Kier alpha value is -2.06. The van der Waals surface area contributed by atoms with E-state index in [1.807, 2.05) is 23.6 Å². The zero-order valence-electron chi connectivity index (χ0n) is 12.7. The van der Waals surface area contributed by atoms with E-state index in [2.05, 4.69) is 15.4 Å². The van der Waals surface area contributed by atoms with Crippen molar-refractivity contribution in [2.45, 2.75) is 13.0 Å². The van der Waals surface area contributed by atoms with Crippen LogP contribution in [0.4, 0.5) is 10.5 Å². The number of carbonyl (C=O) groups is 1. The maximum atomic E-state index is 11.7. The summed E-state index contributed by atoms with van der Waals surface area (Å²) in [5.41, 5.74) is 1.29. The lowest BCUT2D eigenvalue weighted by Crippen LogP contribution is -2.36. The van der Waals surface area contributed by atoms with Crippen LogP contribution in [0.3, 0.4) is 0 Å². The van der Waals surface area contributed by atoms with Crippen LogP contribution in [0, 0.1) is 0 Å². The second-order valence-electron chi connectivity index (χ2n) is 5.01. The molecule has 1 aromatic carbocycles. The molecular formula is C15H19N3O3S2. The van der Waals surface area contributed by atoms with Gasteiger partial charge in [0.2, 0.25) is 10.0 Å². The van der Waals surface area contributed by atoms with E-state index in [0.29, 0.717) is 18.8 Å². The summed E-state index contributed by atoms with van der Waals surface area (Å²) in [4.78, 5) is 13.0. The first-order valence-electron chi connectivity index (χ1n) is 7.03. The lowest BCUT2D eigenvalue weighted by molar-refractivity contribution is 0.240. The molecule has 0 saturated heterocycles. The van der Waals surface area contributed by atoms with Crippen molar-refractivity contribution in [2.75, 3.05) is 17.5 Å². The normalized spacial score (nSPS) is 11.0. The standard InChI is InChI=1S/C15H19N3O3S2/c1-23(20,21)18-13-5-2-4-12(10-13)11-17-15(19)16-8-7-14-6-3-9-22-14/h2-6,9-10,18H,7-8,11H2,1H3,(H2,16,17,19). The van der Waals surface area contributed by atoms with Crippen LogP contribution in [0.5, 0.6) is 0 Å². The number of thiophene rings is 1. The number of hydrogen-bond acceptors (Lipinski definition) is 4. The Morgan fingerprint density at radius 3 is 2.70 bits per heavy atom. The molecule has 0 radical (unpaired) electrons. The smallest absolute Gasteiger partial charge is 0.315 e.